The first-order valence-electron chi connectivity index (χ1n) is 9.93. The van der Waals surface area contributed by atoms with Crippen LogP contribution in [0.3, 0.4) is 0 Å². The Morgan fingerprint density at radius 2 is 1.85 bits per heavy atom. The Labute approximate surface area is 157 Å². The van der Waals surface area contributed by atoms with Crippen LogP contribution in [0.4, 0.5) is 5.69 Å². The normalized spacial score (nSPS) is 20.8. The van der Waals surface area contributed by atoms with Crippen LogP contribution in [0, 0.1) is 5.92 Å². The van der Waals surface area contributed by atoms with Crippen LogP contribution in [-0.2, 0) is 9.53 Å². The highest BCUT2D eigenvalue weighted by atomic mass is 16.5. The lowest BCUT2D eigenvalue weighted by Crippen LogP contribution is -2.42. The number of nitrogens with one attached hydrogen (secondary N) is 1. The van der Waals surface area contributed by atoms with Crippen molar-refractivity contribution >= 4 is 11.6 Å². The molecule has 5 heteroatoms. The van der Waals surface area contributed by atoms with Crippen molar-refractivity contribution in [2.45, 2.75) is 51.0 Å². The average Bonchev–Trinajstić information content (AvgIpc) is 3.15. The summed E-state index contributed by atoms with van der Waals surface area (Å²) in [5.41, 5.74) is 0.136. The van der Waals surface area contributed by atoms with Gasteiger partial charge in [-0.2, -0.15) is 0 Å². The second-order valence-electron chi connectivity index (χ2n) is 7.76. The Kier molecular flexibility index (Phi) is 6.54. The maximum absolute atomic E-state index is 12.5. The Bertz CT molecular complexity index is 573. The van der Waals surface area contributed by atoms with Crippen molar-refractivity contribution in [3.63, 3.8) is 0 Å². The van der Waals surface area contributed by atoms with Crippen molar-refractivity contribution in [2.24, 2.45) is 5.92 Å². The monoisotopic (exact) mass is 360 g/mol. The summed E-state index contributed by atoms with van der Waals surface area (Å²) in [5, 5.41) is 2.99. The predicted molar refractivity (Wildman–Crippen MR) is 104 cm³/mol. The zero-order valence-corrected chi connectivity index (χ0v) is 16.1. The summed E-state index contributed by atoms with van der Waals surface area (Å²) >= 11 is 0. The summed E-state index contributed by atoms with van der Waals surface area (Å²) < 4.78 is 11.4. The first kappa shape index (κ1) is 19.2. The van der Waals surface area contributed by atoms with Crippen LogP contribution in [0.25, 0.3) is 0 Å². The third-order valence-electron chi connectivity index (χ3n) is 5.88. The Hall–Kier alpha value is -1.59. The number of hydrogen-bond acceptors (Lipinski definition) is 4. The molecule has 0 unspecified atom stereocenters. The lowest BCUT2D eigenvalue weighted by Gasteiger charge is -2.29. The third kappa shape index (κ3) is 4.77. The van der Waals surface area contributed by atoms with Crippen molar-refractivity contribution < 1.29 is 14.3 Å². The van der Waals surface area contributed by atoms with Crippen molar-refractivity contribution in [1.29, 1.82) is 0 Å². The molecule has 0 radical (unpaired) electrons. The molecule has 1 aliphatic heterocycles. The Morgan fingerprint density at radius 1 is 1.19 bits per heavy atom. The second kappa shape index (κ2) is 8.87. The molecule has 3 rings (SSSR count). The van der Waals surface area contributed by atoms with Gasteiger partial charge >= 0.3 is 0 Å². The van der Waals surface area contributed by atoms with Gasteiger partial charge in [0.1, 0.15) is 18.0 Å². The number of ether oxygens (including phenoxy) is 2. The van der Waals surface area contributed by atoms with E-state index in [1.54, 1.807) is 7.11 Å². The zero-order chi connectivity index (χ0) is 18.4. The summed E-state index contributed by atoms with van der Waals surface area (Å²) in [7, 11) is 1.63. The van der Waals surface area contributed by atoms with E-state index >= 15 is 0 Å². The van der Waals surface area contributed by atoms with Gasteiger partial charge in [0.15, 0.2) is 0 Å². The smallest absolute Gasteiger partial charge is 0.256 e. The number of benzene rings is 1. The van der Waals surface area contributed by atoms with Crippen molar-refractivity contribution in [1.82, 2.24) is 4.90 Å². The Balaban J connectivity index is 1.44. The number of rotatable bonds is 7. The summed E-state index contributed by atoms with van der Waals surface area (Å²) in [6.07, 6.45) is 6.26. The molecule has 1 aliphatic carbocycles. The molecule has 5 nitrogen and oxygen atoms in total. The summed E-state index contributed by atoms with van der Waals surface area (Å²) in [5.74, 6) is 1.66. The molecular weight excluding hydrogens is 328 g/mol. The number of hydrogen-bond donors (Lipinski definition) is 1. The predicted octanol–water partition coefficient (Wildman–Crippen LogP) is 3.70. The zero-order valence-electron chi connectivity index (χ0n) is 16.1. The van der Waals surface area contributed by atoms with Crippen LogP contribution in [-0.4, -0.2) is 49.8 Å². The van der Waals surface area contributed by atoms with E-state index in [9.17, 15) is 4.79 Å². The van der Waals surface area contributed by atoms with Crippen LogP contribution < -0.4 is 10.1 Å². The molecule has 1 N–H and O–H groups in total. The molecule has 0 atom stereocenters. The summed E-state index contributed by atoms with van der Waals surface area (Å²) in [6.45, 7) is 6.36. The number of methoxy groups -OCH3 is 1. The van der Waals surface area contributed by atoms with E-state index in [0.717, 1.165) is 49.6 Å². The molecule has 1 amide bonds. The van der Waals surface area contributed by atoms with Gasteiger partial charge in [0.05, 0.1) is 0 Å². The molecule has 2 aliphatic rings. The number of carbonyl (C=O) groups is 1. The van der Waals surface area contributed by atoms with E-state index in [4.69, 9.17) is 9.47 Å². The number of carbonyl (C=O) groups excluding carboxylic acids is 1. The van der Waals surface area contributed by atoms with Crippen LogP contribution >= 0.6 is 0 Å². The van der Waals surface area contributed by atoms with Crippen LogP contribution in [0.2, 0.25) is 0 Å². The molecule has 1 aromatic rings. The highest BCUT2D eigenvalue weighted by Gasteiger charge is 2.41. The molecule has 0 bridgehead atoms. The molecule has 26 heavy (non-hydrogen) atoms. The summed E-state index contributed by atoms with van der Waals surface area (Å²) in [4.78, 5) is 15.0. The number of amides is 1. The molecule has 1 saturated heterocycles. The van der Waals surface area contributed by atoms with E-state index < -0.39 is 5.60 Å². The fraction of sp³-hybridized carbons (Fsp3) is 0.667. The van der Waals surface area contributed by atoms with Gasteiger partial charge in [-0.05, 0) is 81.8 Å². The highest BCUT2D eigenvalue weighted by Crippen LogP contribution is 2.33. The number of anilines is 1. The minimum absolute atomic E-state index is 0.0366. The van der Waals surface area contributed by atoms with Gasteiger partial charge in [-0.3, -0.25) is 9.69 Å². The van der Waals surface area contributed by atoms with Crippen molar-refractivity contribution in [2.75, 3.05) is 38.7 Å². The third-order valence-corrected chi connectivity index (χ3v) is 5.88. The van der Waals surface area contributed by atoms with Crippen LogP contribution in [0.15, 0.2) is 24.3 Å². The fourth-order valence-electron chi connectivity index (χ4n) is 3.93. The van der Waals surface area contributed by atoms with Gasteiger partial charge < -0.3 is 14.8 Å². The first-order valence-corrected chi connectivity index (χ1v) is 9.93. The van der Waals surface area contributed by atoms with E-state index in [1.807, 2.05) is 24.3 Å². The van der Waals surface area contributed by atoms with Crippen molar-refractivity contribution in [3.8, 4) is 5.75 Å². The quantitative estimate of drug-likeness (QED) is 0.806. The van der Waals surface area contributed by atoms with Gasteiger partial charge in [0, 0.05) is 19.3 Å². The molecule has 1 heterocycles. The summed E-state index contributed by atoms with van der Waals surface area (Å²) in [6, 6.07) is 7.63. The SMILES string of the molecule is COC1(C(=O)Nc2ccc(OCCN3CCC(C)CC3)cc2)CCCC1. The standard InChI is InChI=1S/C21H32N2O3/c1-17-9-13-23(14-10-17)15-16-26-19-7-5-18(6-8-19)22-20(24)21(25-2)11-3-4-12-21/h5-8,17H,3-4,9-16H2,1-2H3,(H,22,24). The van der Waals surface area contributed by atoms with Gasteiger partial charge in [0.25, 0.3) is 5.91 Å². The van der Waals surface area contributed by atoms with Crippen molar-refractivity contribution in [3.05, 3.63) is 24.3 Å². The van der Waals surface area contributed by atoms with Gasteiger partial charge in [-0.25, -0.2) is 0 Å². The Morgan fingerprint density at radius 3 is 2.46 bits per heavy atom. The lowest BCUT2D eigenvalue weighted by atomic mass is 9.99. The molecule has 1 aromatic carbocycles. The molecule has 0 spiro atoms. The van der Waals surface area contributed by atoms with E-state index in [1.165, 1.54) is 25.9 Å². The number of nitrogens with zero attached hydrogens (tertiary/aromatic N) is 1. The highest BCUT2D eigenvalue weighted by molar-refractivity contribution is 5.97. The topological polar surface area (TPSA) is 50.8 Å². The average molecular weight is 360 g/mol. The minimum atomic E-state index is -0.652. The number of piperidine rings is 1. The van der Waals surface area contributed by atoms with E-state index in [-0.39, 0.29) is 5.91 Å². The lowest BCUT2D eigenvalue weighted by molar-refractivity contribution is -0.136. The minimum Gasteiger partial charge on any atom is -0.492 e. The maximum Gasteiger partial charge on any atom is 0.256 e. The molecule has 0 aromatic heterocycles. The molecule has 144 valence electrons. The maximum atomic E-state index is 12.5. The first-order chi connectivity index (χ1) is 12.6. The molecular formula is C21H32N2O3. The largest absolute Gasteiger partial charge is 0.492 e. The fourth-order valence-corrected chi connectivity index (χ4v) is 3.93. The second-order valence-corrected chi connectivity index (χ2v) is 7.76. The number of likely N-dealkylation sites (tertiary alicyclic amines) is 1. The molecule has 1 saturated carbocycles. The molecule has 2 fully saturated rings. The van der Waals surface area contributed by atoms with Gasteiger partial charge in [-0.1, -0.05) is 6.92 Å². The van der Waals surface area contributed by atoms with Gasteiger partial charge in [0.2, 0.25) is 0 Å². The van der Waals surface area contributed by atoms with Crippen LogP contribution in [0.1, 0.15) is 45.4 Å². The van der Waals surface area contributed by atoms with Crippen LogP contribution in [0.5, 0.6) is 5.75 Å². The van der Waals surface area contributed by atoms with E-state index in [0.29, 0.717) is 6.61 Å². The van der Waals surface area contributed by atoms with Gasteiger partial charge in [-0.15, -0.1) is 0 Å². The van der Waals surface area contributed by atoms with E-state index in [2.05, 4.69) is 17.1 Å².